The van der Waals surface area contributed by atoms with E-state index in [1.807, 2.05) is 20.8 Å². The number of nitrogens with zero attached hydrogens (tertiary/aromatic N) is 2. The van der Waals surface area contributed by atoms with E-state index in [4.69, 9.17) is 14.6 Å². The van der Waals surface area contributed by atoms with Crippen LogP contribution in [0.2, 0.25) is 0 Å². The fourth-order valence-electron chi connectivity index (χ4n) is 5.49. The molecule has 2 atom stereocenters. The first-order chi connectivity index (χ1) is 13.6. The van der Waals surface area contributed by atoms with Gasteiger partial charge in [0.25, 0.3) is 0 Å². The van der Waals surface area contributed by atoms with Crippen LogP contribution in [0.5, 0.6) is 0 Å². The first-order valence-electron chi connectivity index (χ1n) is 11.3. The molecule has 0 aromatic heterocycles. The number of hydrogen-bond donors (Lipinski definition) is 0. The summed E-state index contributed by atoms with van der Waals surface area (Å²) in [4.78, 5) is 26.2. The molecule has 0 bridgehead atoms. The molecule has 0 N–H and O–H groups in total. The van der Waals surface area contributed by atoms with Crippen LogP contribution in [0.3, 0.4) is 0 Å². The van der Waals surface area contributed by atoms with Gasteiger partial charge in [-0.05, 0) is 102 Å². The molecule has 1 unspecified atom stereocenters. The van der Waals surface area contributed by atoms with Gasteiger partial charge in [0.1, 0.15) is 5.60 Å². The first-order valence-corrected chi connectivity index (χ1v) is 11.3. The second-order valence-corrected chi connectivity index (χ2v) is 11.2. The maximum Gasteiger partial charge on any atom is 0.336 e. The smallest absolute Gasteiger partial charge is 0.336 e. The highest BCUT2D eigenvalue weighted by molar-refractivity contribution is 5.89. The molecular weight excluding hydrogens is 368 g/mol. The molecule has 6 nitrogen and oxygen atoms in total. The summed E-state index contributed by atoms with van der Waals surface area (Å²) in [5, 5.41) is 9.38. The summed E-state index contributed by atoms with van der Waals surface area (Å²) in [6.07, 6.45) is 11.5. The van der Waals surface area contributed by atoms with Crippen molar-refractivity contribution in [3.05, 3.63) is 0 Å². The van der Waals surface area contributed by atoms with E-state index < -0.39 is 23.0 Å². The summed E-state index contributed by atoms with van der Waals surface area (Å²) in [5.74, 6) is -1.40. The van der Waals surface area contributed by atoms with Gasteiger partial charge in [-0.15, -0.1) is 0 Å². The fourth-order valence-corrected chi connectivity index (χ4v) is 5.49. The summed E-state index contributed by atoms with van der Waals surface area (Å²) >= 11 is 0. The van der Waals surface area contributed by atoms with Gasteiger partial charge in [0.05, 0.1) is 19.1 Å². The Balaban J connectivity index is 1.59. The van der Waals surface area contributed by atoms with Gasteiger partial charge in [-0.3, -0.25) is 4.79 Å². The summed E-state index contributed by atoms with van der Waals surface area (Å²) in [6.45, 7) is 5.56. The Morgan fingerprint density at radius 3 is 2.00 bits per heavy atom. The molecule has 0 heterocycles. The van der Waals surface area contributed by atoms with Crippen LogP contribution in [0.4, 0.5) is 0 Å². The van der Waals surface area contributed by atoms with Crippen LogP contribution < -0.4 is 0 Å². The molecular formula is C23H36N2O4. The molecule has 0 radical (unpaired) electrons. The standard InChI is InChI=1S/C23H36N2O4/c1-20(2,3)29-18(26)17-7-10-22(13-14-22)15-23(17,19(27)28-4)25-24-16-5-8-21(9-6-16)11-12-21/h16-17H,5-15H2,1-4H3/t17?,23-/m1/s1. The Kier molecular flexibility index (Phi) is 5.06. The van der Waals surface area contributed by atoms with E-state index in [-0.39, 0.29) is 17.4 Å². The van der Waals surface area contributed by atoms with Crippen LogP contribution in [0.15, 0.2) is 10.2 Å². The monoisotopic (exact) mass is 404 g/mol. The normalized spacial score (nSPS) is 33.0. The van der Waals surface area contributed by atoms with E-state index in [9.17, 15) is 9.59 Å². The average molecular weight is 405 g/mol. The highest BCUT2D eigenvalue weighted by atomic mass is 16.6. The van der Waals surface area contributed by atoms with Crippen LogP contribution in [0.1, 0.15) is 91.4 Å². The first kappa shape index (κ1) is 20.8. The molecule has 162 valence electrons. The van der Waals surface area contributed by atoms with Crippen molar-refractivity contribution in [2.45, 2.75) is 109 Å². The number of azo groups is 1. The van der Waals surface area contributed by atoms with Crippen molar-refractivity contribution < 1.29 is 19.1 Å². The number of carbonyl (C=O) groups excluding carboxylic acids is 2. The quantitative estimate of drug-likeness (QED) is 0.488. The molecule has 29 heavy (non-hydrogen) atoms. The SMILES string of the molecule is COC(=O)[C@@]1(N=NC2CCC3(CC2)CC3)CC2(CCC1C(=O)OC(C)(C)C)CC2. The lowest BCUT2D eigenvalue weighted by molar-refractivity contribution is -0.172. The Hall–Kier alpha value is -1.46. The predicted octanol–water partition coefficient (Wildman–Crippen LogP) is 5.00. The van der Waals surface area contributed by atoms with Crippen LogP contribution in [-0.2, 0) is 19.1 Å². The maximum atomic E-state index is 13.1. The third-order valence-electron chi connectivity index (χ3n) is 7.74. The lowest BCUT2D eigenvalue weighted by Gasteiger charge is -2.41. The molecule has 0 aliphatic heterocycles. The average Bonchev–Trinajstić information content (AvgIpc) is 3.59. The van der Waals surface area contributed by atoms with E-state index in [0.717, 1.165) is 32.1 Å². The van der Waals surface area contributed by atoms with Gasteiger partial charge in [-0.2, -0.15) is 10.2 Å². The largest absolute Gasteiger partial charge is 0.467 e. The maximum absolute atomic E-state index is 13.1. The zero-order valence-corrected chi connectivity index (χ0v) is 18.5. The Morgan fingerprint density at radius 1 is 0.897 bits per heavy atom. The van der Waals surface area contributed by atoms with Gasteiger partial charge >= 0.3 is 11.9 Å². The number of esters is 2. The van der Waals surface area contributed by atoms with Crippen LogP contribution in [0, 0.1) is 16.7 Å². The summed E-state index contributed by atoms with van der Waals surface area (Å²) in [6, 6.07) is 0.152. The molecule has 0 aromatic carbocycles. The third kappa shape index (κ3) is 4.22. The molecule has 4 rings (SSSR count). The van der Waals surface area contributed by atoms with Gasteiger partial charge in [0.2, 0.25) is 0 Å². The Bertz CT molecular complexity index is 692. The summed E-state index contributed by atoms with van der Waals surface area (Å²) in [5.41, 5.74) is -1.13. The molecule has 6 heteroatoms. The molecule has 0 aromatic rings. The highest BCUT2D eigenvalue weighted by Crippen LogP contribution is 2.61. The predicted molar refractivity (Wildman–Crippen MR) is 108 cm³/mol. The molecule has 0 amide bonds. The zero-order valence-electron chi connectivity index (χ0n) is 18.5. The minimum Gasteiger partial charge on any atom is -0.467 e. The minimum absolute atomic E-state index is 0.121. The van der Waals surface area contributed by atoms with Crippen LogP contribution in [0.25, 0.3) is 0 Å². The molecule has 4 aliphatic carbocycles. The number of hydrogen-bond acceptors (Lipinski definition) is 6. The van der Waals surface area contributed by atoms with Gasteiger partial charge in [-0.25, -0.2) is 4.79 Å². The second kappa shape index (κ2) is 7.05. The van der Waals surface area contributed by atoms with Crippen molar-refractivity contribution in [2.75, 3.05) is 7.11 Å². The lowest BCUT2D eigenvalue weighted by atomic mass is 9.67. The third-order valence-corrected chi connectivity index (χ3v) is 7.74. The number of methoxy groups -OCH3 is 1. The molecule has 4 aliphatic rings. The fraction of sp³-hybridized carbons (Fsp3) is 0.913. The van der Waals surface area contributed by atoms with Crippen molar-refractivity contribution in [3.63, 3.8) is 0 Å². The summed E-state index contributed by atoms with van der Waals surface area (Å²) in [7, 11) is 1.39. The van der Waals surface area contributed by atoms with Crippen molar-refractivity contribution in [2.24, 2.45) is 27.0 Å². The van der Waals surface area contributed by atoms with Gasteiger partial charge < -0.3 is 9.47 Å². The molecule has 0 saturated heterocycles. The van der Waals surface area contributed by atoms with Gasteiger partial charge in [0.15, 0.2) is 5.54 Å². The molecule has 2 spiro atoms. The van der Waals surface area contributed by atoms with Crippen molar-refractivity contribution in [1.29, 1.82) is 0 Å². The van der Waals surface area contributed by atoms with Crippen LogP contribution in [-0.4, -0.2) is 36.2 Å². The number of carbonyl (C=O) groups is 2. The van der Waals surface area contributed by atoms with Crippen molar-refractivity contribution >= 4 is 11.9 Å². The van der Waals surface area contributed by atoms with E-state index in [1.165, 1.54) is 32.8 Å². The number of rotatable bonds is 4. The van der Waals surface area contributed by atoms with E-state index >= 15 is 0 Å². The minimum atomic E-state index is -1.24. The highest BCUT2D eigenvalue weighted by Gasteiger charge is 2.63. The molecule has 4 saturated carbocycles. The Morgan fingerprint density at radius 2 is 1.48 bits per heavy atom. The lowest BCUT2D eigenvalue weighted by Crippen LogP contribution is -2.54. The topological polar surface area (TPSA) is 77.3 Å². The van der Waals surface area contributed by atoms with Crippen molar-refractivity contribution in [1.82, 2.24) is 0 Å². The Labute approximate surface area is 174 Å². The van der Waals surface area contributed by atoms with Crippen LogP contribution >= 0.6 is 0 Å². The van der Waals surface area contributed by atoms with Gasteiger partial charge in [-0.1, -0.05) is 0 Å². The second-order valence-electron chi connectivity index (χ2n) is 11.2. The molecule has 4 fully saturated rings. The van der Waals surface area contributed by atoms with E-state index in [0.29, 0.717) is 18.3 Å². The zero-order chi connectivity index (χ0) is 20.9. The summed E-state index contributed by atoms with van der Waals surface area (Å²) < 4.78 is 10.9. The van der Waals surface area contributed by atoms with Gasteiger partial charge in [0, 0.05) is 0 Å². The number of ether oxygens (including phenoxy) is 2. The van der Waals surface area contributed by atoms with Crippen molar-refractivity contribution in [3.8, 4) is 0 Å². The van der Waals surface area contributed by atoms with E-state index in [2.05, 4.69) is 5.11 Å². The van der Waals surface area contributed by atoms with E-state index in [1.54, 1.807) is 0 Å².